The summed E-state index contributed by atoms with van der Waals surface area (Å²) in [6, 6.07) is 13.7. The fraction of sp³-hybridized carbons (Fsp3) is 0.278. The number of aryl methyl sites for hydroxylation is 1. The van der Waals surface area contributed by atoms with E-state index < -0.39 is 16.1 Å². The fourth-order valence-electron chi connectivity index (χ4n) is 2.49. The second kappa shape index (κ2) is 8.02. The van der Waals surface area contributed by atoms with Crippen molar-refractivity contribution >= 4 is 27.5 Å². The SMILES string of the molecule is CCN(CC)c1ccc(NS(=O)(=O)NC(=O)c2ccccc2)c(C)c1. The average molecular weight is 361 g/mol. The zero-order valence-electron chi connectivity index (χ0n) is 14.6. The summed E-state index contributed by atoms with van der Waals surface area (Å²) in [6.07, 6.45) is 0. The van der Waals surface area contributed by atoms with E-state index in [1.165, 1.54) is 0 Å². The smallest absolute Gasteiger partial charge is 0.323 e. The summed E-state index contributed by atoms with van der Waals surface area (Å²) in [4.78, 5) is 14.2. The van der Waals surface area contributed by atoms with Gasteiger partial charge in [-0.25, -0.2) is 4.72 Å². The number of nitrogens with zero attached hydrogens (tertiary/aromatic N) is 1. The van der Waals surface area contributed by atoms with Crippen LogP contribution in [-0.4, -0.2) is 27.4 Å². The standard InChI is InChI=1S/C18H23N3O3S/c1-4-21(5-2)16-11-12-17(14(3)13-16)19-25(23,24)20-18(22)15-9-7-6-8-10-15/h6-13,19H,4-5H2,1-3H3,(H,20,22). The number of carbonyl (C=O) groups is 1. The average Bonchev–Trinajstić information content (AvgIpc) is 2.58. The number of amides is 1. The first-order valence-electron chi connectivity index (χ1n) is 8.11. The molecular formula is C18H23N3O3S. The third-order valence-corrected chi connectivity index (χ3v) is 4.79. The molecule has 2 N–H and O–H groups in total. The van der Waals surface area contributed by atoms with Crippen LogP contribution in [0.5, 0.6) is 0 Å². The minimum Gasteiger partial charge on any atom is -0.372 e. The maximum absolute atomic E-state index is 12.2. The van der Waals surface area contributed by atoms with Crippen molar-refractivity contribution in [2.45, 2.75) is 20.8 Å². The molecule has 7 heteroatoms. The molecule has 2 aromatic rings. The molecule has 0 aliphatic heterocycles. The first-order valence-corrected chi connectivity index (χ1v) is 9.60. The van der Waals surface area contributed by atoms with Crippen molar-refractivity contribution in [3.63, 3.8) is 0 Å². The van der Waals surface area contributed by atoms with E-state index in [0.717, 1.165) is 24.3 Å². The maximum Gasteiger partial charge on any atom is 0.323 e. The molecule has 0 spiro atoms. The molecule has 0 heterocycles. The molecule has 1 amide bonds. The van der Waals surface area contributed by atoms with E-state index >= 15 is 0 Å². The van der Waals surface area contributed by atoms with Gasteiger partial charge >= 0.3 is 10.2 Å². The number of anilines is 2. The lowest BCUT2D eigenvalue weighted by Crippen LogP contribution is -2.35. The quantitative estimate of drug-likeness (QED) is 0.795. The van der Waals surface area contributed by atoms with Crippen molar-refractivity contribution in [2.24, 2.45) is 0 Å². The number of rotatable bonds is 7. The van der Waals surface area contributed by atoms with Gasteiger partial charge < -0.3 is 4.90 Å². The molecule has 0 fully saturated rings. The minimum atomic E-state index is -4.01. The van der Waals surface area contributed by atoms with Crippen molar-refractivity contribution in [2.75, 3.05) is 22.7 Å². The zero-order valence-corrected chi connectivity index (χ0v) is 15.4. The van der Waals surface area contributed by atoms with Gasteiger partial charge in [-0.1, -0.05) is 18.2 Å². The third kappa shape index (κ3) is 4.96. The molecular weight excluding hydrogens is 338 g/mol. The highest BCUT2D eigenvalue weighted by Gasteiger charge is 2.17. The van der Waals surface area contributed by atoms with Crippen molar-refractivity contribution < 1.29 is 13.2 Å². The highest BCUT2D eigenvalue weighted by atomic mass is 32.2. The molecule has 0 aliphatic carbocycles. The Bertz CT molecular complexity index is 832. The van der Waals surface area contributed by atoms with E-state index in [-0.39, 0.29) is 5.56 Å². The Balaban J connectivity index is 2.14. The molecule has 0 saturated heterocycles. The lowest BCUT2D eigenvalue weighted by atomic mass is 10.1. The molecule has 6 nitrogen and oxygen atoms in total. The summed E-state index contributed by atoms with van der Waals surface area (Å²) in [6.45, 7) is 7.69. The summed E-state index contributed by atoms with van der Waals surface area (Å²) >= 11 is 0. The number of benzene rings is 2. The van der Waals surface area contributed by atoms with Gasteiger partial charge in [-0.2, -0.15) is 8.42 Å². The number of hydrogen-bond donors (Lipinski definition) is 2. The van der Waals surface area contributed by atoms with E-state index in [4.69, 9.17) is 0 Å². The fourth-order valence-corrected chi connectivity index (χ4v) is 3.42. The second-order valence-electron chi connectivity index (χ2n) is 5.57. The molecule has 134 valence electrons. The molecule has 2 rings (SSSR count). The topological polar surface area (TPSA) is 78.5 Å². The first-order chi connectivity index (χ1) is 11.9. The van der Waals surface area contributed by atoms with E-state index in [9.17, 15) is 13.2 Å². The second-order valence-corrected chi connectivity index (χ2v) is 6.99. The lowest BCUT2D eigenvalue weighted by Gasteiger charge is -2.22. The van der Waals surface area contributed by atoms with Crippen LogP contribution in [-0.2, 0) is 10.2 Å². The van der Waals surface area contributed by atoms with Gasteiger partial charge in [0.05, 0.1) is 5.69 Å². The van der Waals surface area contributed by atoms with Crippen LogP contribution in [0.2, 0.25) is 0 Å². The van der Waals surface area contributed by atoms with Gasteiger partial charge in [0.1, 0.15) is 0 Å². The Hall–Kier alpha value is -2.54. The van der Waals surface area contributed by atoms with Crippen LogP contribution in [0.15, 0.2) is 48.5 Å². The molecule has 0 unspecified atom stereocenters. The predicted octanol–water partition coefficient (Wildman–Crippen LogP) is 2.93. The third-order valence-electron chi connectivity index (χ3n) is 3.85. The molecule has 0 aromatic heterocycles. The van der Waals surface area contributed by atoms with E-state index in [1.807, 2.05) is 23.8 Å². The van der Waals surface area contributed by atoms with Crippen molar-refractivity contribution in [1.29, 1.82) is 0 Å². The molecule has 0 atom stereocenters. The lowest BCUT2D eigenvalue weighted by molar-refractivity contribution is 0.0981. The van der Waals surface area contributed by atoms with Crippen LogP contribution in [0.3, 0.4) is 0 Å². The summed E-state index contributed by atoms with van der Waals surface area (Å²) in [7, 11) is -4.01. The van der Waals surface area contributed by atoms with Crippen molar-refractivity contribution in [3.05, 3.63) is 59.7 Å². The highest BCUT2D eigenvalue weighted by molar-refractivity contribution is 7.91. The normalized spacial score (nSPS) is 11.0. The van der Waals surface area contributed by atoms with E-state index in [1.54, 1.807) is 36.4 Å². The summed E-state index contributed by atoms with van der Waals surface area (Å²) in [5, 5.41) is 0. The molecule has 2 aromatic carbocycles. The Morgan fingerprint density at radius 3 is 2.24 bits per heavy atom. The zero-order chi connectivity index (χ0) is 18.4. The molecule has 0 aliphatic rings. The van der Waals surface area contributed by atoms with Crippen LogP contribution in [0.4, 0.5) is 11.4 Å². The molecule has 0 saturated carbocycles. The van der Waals surface area contributed by atoms with Gasteiger partial charge in [-0.3, -0.25) is 9.52 Å². The monoisotopic (exact) mass is 361 g/mol. The van der Waals surface area contributed by atoms with Gasteiger partial charge in [-0.05, 0) is 56.7 Å². The predicted molar refractivity (Wildman–Crippen MR) is 101 cm³/mol. The summed E-state index contributed by atoms with van der Waals surface area (Å²) in [5.74, 6) is -0.675. The Kier molecular flexibility index (Phi) is 6.03. The van der Waals surface area contributed by atoms with Crippen LogP contribution in [0, 0.1) is 6.92 Å². The van der Waals surface area contributed by atoms with Crippen LogP contribution in [0.1, 0.15) is 29.8 Å². The number of carbonyl (C=O) groups excluding carboxylic acids is 1. The van der Waals surface area contributed by atoms with Crippen LogP contribution >= 0.6 is 0 Å². The summed E-state index contributed by atoms with van der Waals surface area (Å²) < 4.78 is 28.9. The maximum atomic E-state index is 12.2. The van der Waals surface area contributed by atoms with Crippen LogP contribution < -0.4 is 14.3 Å². The van der Waals surface area contributed by atoms with Gasteiger partial charge in [-0.15, -0.1) is 0 Å². The number of nitrogens with one attached hydrogen (secondary N) is 2. The molecule has 0 radical (unpaired) electrons. The van der Waals surface area contributed by atoms with Gasteiger partial charge in [0.15, 0.2) is 0 Å². The Morgan fingerprint density at radius 1 is 1.04 bits per heavy atom. The van der Waals surface area contributed by atoms with Gasteiger partial charge in [0, 0.05) is 24.3 Å². The van der Waals surface area contributed by atoms with Gasteiger partial charge in [0.25, 0.3) is 5.91 Å². The van der Waals surface area contributed by atoms with Crippen molar-refractivity contribution in [3.8, 4) is 0 Å². The molecule has 0 bridgehead atoms. The van der Waals surface area contributed by atoms with E-state index in [2.05, 4.69) is 23.5 Å². The van der Waals surface area contributed by atoms with Crippen molar-refractivity contribution in [1.82, 2.24) is 4.72 Å². The largest absolute Gasteiger partial charge is 0.372 e. The highest BCUT2D eigenvalue weighted by Crippen LogP contribution is 2.23. The molecule has 25 heavy (non-hydrogen) atoms. The Labute approximate surface area is 149 Å². The Morgan fingerprint density at radius 2 is 1.68 bits per heavy atom. The first kappa shape index (κ1) is 18.8. The number of hydrogen-bond acceptors (Lipinski definition) is 4. The minimum absolute atomic E-state index is 0.279. The van der Waals surface area contributed by atoms with Gasteiger partial charge in [0.2, 0.25) is 0 Å². The van der Waals surface area contributed by atoms with E-state index in [0.29, 0.717) is 5.69 Å². The summed E-state index contributed by atoms with van der Waals surface area (Å²) in [5.41, 5.74) is 2.52. The van der Waals surface area contributed by atoms with Crippen LogP contribution in [0.25, 0.3) is 0 Å².